The van der Waals surface area contributed by atoms with Crippen LogP contribution in [-0.4, -0.2) is 17.9 Å². The molecular formula is C6H11NaO6. The van der Waals surface area contributed by atoms with Crippen LogP contribution in [0, 0.1) is 0 Å². The minimum atomic E-state index is -1.08. The Kier molecular flexibility index (Phi) is 30.7. The molecule has 0 aliphatic carbocycles. The topological polar surface area (TPSA) is 120 Å². The van der Waals surface area contributed by atoms with Gasteiger partial charge in [0.15, 0.2) is 0 Å². The van der Waals surface area contributed by atoms with E-state index in [4.69, 9.17) is 29.7 Å². The Bertz CT molecular complexity index is 123. The van der Waals surface area contributed by atoms with E-state index in [0.29, 0.717) is 0 Å². The zero-order chi connectivity index (χ0) is 10.7. The summed E-state index contributed by atoms with van der Waals surface area (Å²) in [6.45, 7) is 2.92. The standard InChI is InChI=1S/3C2H4O2.Na/c3*1-2(3)4;/h3*1H3,(H,3,4);/q;;;+1/p-1. The van der Waals surface area contributed by atoms with Gasteiger partial charge >= 0.3 is 32.4 Å². The first-order valence-electron chi connectivity index (χ1n) is 2.72. The number of hydrogen-bond donors (Lipinski definition) is 0. The van der Waals surface area contributed by atoms with Crippen molar-refractivity contribution in [3.8, 4) is 0 Å². The second kappa shape index (κ2) is 17.5. The minimum Gasteiger partial charge on any atom is -0.550 e. The van der Waals surface area contributed by atoms with Crippen molar-refractivity contribution in [2.24, 2.45) is 0 Å². The zero-order valence-corrected chi connectivity index (χ0v) is 9.95. The van der Waals surface area contributed by atoms with Gasteiger partial charge in [0.05, 0.1) is 0 Å². The second-order valence-electron chi connectivity index (χ2n) is 1.47. The molecule has 0 aromatic heterocycles. The third kappa shape index (κ3) is 2900. The van der Waals surface area contributed by atoms with Gasteiger partial charge in [-0.05, 0) is 20.8 Å². The number of hydrogen-bond acceptors (Lipinski definition) is 6. The SMILES string of the molecule is CC(=O)[O-].CC(=O)[O-].CC(=O)[O-].[H+].[H+].[Na+]. The molecule has 0 spiro atoms. The van der Waals surface area contributed by atoms with Crippen molar-refractivity contribution < 1.29 is 62.1 Å². The van der Waals surface area contributed by atoms with Crippen LogP contribution >= 0.6 is 0 Å². The largest absolute Gasteiger partial charge is 1.00 e. The molecule has 6 nitrogen and oxygen atoms in total. The molecule has 7 heteroatoms. The van der Waals surface area contributed by atoms with Crippen molar-refractivity contribution >= 4 is 17.9 Å². The molecule has 0 rings (SSSR count). The van der Waals surface area contributed by atoms with Crippen LogP contribution in [-0.2, 0) is 14.4 Å². The molecule has 0 heterocycles. The molecule has 0 radical (unpaired) electrons. The third-order valence-electron chi connectivity index (χ3n) is 0. The van der Waals surface area contributed by atoms with Crippen LogP contribution < -0.4 is 44.9 Å². The molecule has 0 atom stereocenters. The van der Waals surface area contributed by atoms with Gasteiger partial charge in [-0.15, -0.1) is 0 Å². The monoisotopic (exact) mass is 202 g/mol. The van der Waals surface area contributed by atoms with Gasteiger partial charge in [0.25, 0.3) is 0 Å². The Balaban J connectivity index is -0.0000000184. The Labute approximate surface area is 101 Å². The van der Waals surface area contributed by atoms with Crippen LogP contribution in [0.15, 0.2) is 0 Å². The Hall–Kier alpha value is -0.590. The first-order valence-corrected chi connectivity index (χ1v) is 2.72. The number of aliphatic carboxylic acids is 3. The van der Waals surface area contributed by atoms with E-state index >= 15 is 0 Å². The van der Waals surface area contributed by atoms with Gasteiger partial charge in [0, 0.05) is 17.9 Å². The fraction of sp³-hybridized carbons (Fsp3) is 0.500. The number of rotatable bonds is 0. The van der Waals surface area contributed by atoms with Crippen molar-refractivity contribution in [3.05, 3.63) is 0 Å². The van der Waals surface area contributed by atoms with Crippen LogP contribution in [0.1, 0.15) is 23.6 Å². The van der Waals surface area contributed by atoms with Crippen molar-refractivity contribution in [3.63, 3.8) is 0 Å². The van der Waals surface area contributed by atoms with Crippen LogP contribution in [0.2, 0.25) is 0 Å². The van der Waals surface area contributed by atoms with E-state index in [9.17, 15) is 0 Å². The van der Waals surface area contributed by atoms with Gasteiger partial charge < -0.3 is 29.7 Å². The molecule has 0 fully saturated rings. The van der Waals surface area contributed by atoms with Crippen molar-refractivity contribution in [2.45, 2.75) is 20.8 Å². The Morgan fingerprint density at radius 1 is 0.769 bits per heavy atom. The predicted molar refractivity (Wildman–Crippen MR) is 34.3 cm³/mol. The number of carboxylic acids is 3. The van der Waals surface area contributed by atoms with E-state index in [-0.39, 0.29) is 32.4 Å². The first-order chi connectivity index (χ1) is 5.20. The van der Waals surface area contributed by atoms with Gasteiger partial charge in [0.1, 0.15) is 0 Å². The molecule has 0 saturated heterocycles. The Morgan fingerprint density at radius 2 is 0.769 bits per heavy atom. The summed E-state index contributed by atoms with van der Waals surface area (Å²) in [5, 5.41) is 26.7. The maximum Gasteiger partial charge on any atom is 1.00 e. The van der Waals surface area contributed by atoms with E-state index in [1.807, 2.05) is 0 Å². The fourth-order valence-corrected chi connectivity index (χ4v) is 0. The van der Waals surface area contributed by atoms with Gasteiger partial charge in [-0.1, -0.05) is 0 Å². The van der Waals surface area contributed by atoms with E-state index in [2.05, 4.69) is 0 Å². The van der Waals surface area contributed by atoms with Crippen molar-refractivity contribution in [2.75, 3.05) is 0 Å². The van der Waals surface area contributed by atoms with Crippen LogP contribution in [0.4, 0.5) is 0 Å². The van der Waals surface area contributed by atoms with Gasteiger partial charge in [-0.2, -0.15) is 0 Å². The molecular weight excluding hydrogens is 191 g/mol. The summed E-state index contributed by atoms with van der Waals surface area (Å²) in [5.41, 5.74) is 0. The smallest absolute Gasteiger partial charge is 0.550 e. The second-order valence-corrected chi connectivity index (χ2v) is 1.47. The molecule has 0 N–H and O–H groups in total. The van der Waals surface area contributed by atoms with E-state index in [0.717, 1.165) is 20.8 Å². The van der Waals surface area contributed by atoms with Crippen LogP contribution in [0.5, 0.6) is 0 Å². The minimum absolute atomic E-state index is 0. The van der Waals surface area contributed by atoms with Crippen molar-refractivity contribution in [1.29, 1.82) is 0 Å². The average Bonchev–Trinajstić information content (AvgIpc) is 1.54. The maximum atomic E-state index is 8.89. The third-order valence-corrected chi connectivity index (χ3v) is 0. The van der Waals surface area contributed by atoms with E-state index in [1.165, 1.54) is 0 Å². The number of carbonyl (C=O) groups excluding carboxylic acids is 3. The number of carbonyl (C=O) groups is 3. The van der Waals surface area contributed by atoms with Gasteiger partial charge in [-0.3, -0.25) is 0 Å². The zero-order valence-electron chi connectivity index (χ0n) is 9.95. The van der Waals surface area contributed by atoms with E-state index in [1.54, 1.807) is 0 Å². The summed E-state index contributed by atoms with van der Waals surface area (Å²) in [5.74, 6) is -3.25. The average molecular weight is 202 g/mol. The summed E-state index contributed by atoms with van der Waals surface area (Å²) in [4.78, 5) is 26.7. The summed E-state index contributed by atoms with van der Waals surface area (Å²) < 4.78 is 0. The predicted octanol–water partition coefficient (Wildman–Crippen LogP) is -6.50. The normalized spacial score (nSPS) is 5.77. The molecule has 0 aliphatic heterocycles. The van der Waals surface area contributed by atoms with Gasteiger partial charge in [0.2, 0.25) is 0 Å². The number of carboxylic acid groups (broad SMARTS) is 3. The molecule has 13 heavy (non-hydrogen) atoms. The summed E-state index contributed by atoms with van der Waals surface area (Å²) in [7, 11) is 0. The van der Waals surface area contributed by atoms with Crippen LogP contribution in [0.3, 0.4) is 0 Å². The molecule has 0 unspecified atom stereocenters. The van der Waals surface area contributed by atoms with Crippen molar-refractivity contribution in [1.82, 2.24) is 0 Å². The van der Waals surface area contributed by atoms with Crippen LogP contribution in [0.25, 0.3) is 0 Å². The summed E-state index contributed by atoms with van der Waals surface area (Å²) >= 11 is 0. The van der Waals surface area contributed by atoms with Gasteiger partial charge in [-0.25, -0.2) is 0 Å². The molecule has 0 bridgehead atoms. The fourth-order valence-electron chi connectivity index (χ4n) is 0. The maximum absolute atomic E-state index is 8.89. The quantitative estimate of drug-likeness (QED) is 0.360. The summed E-state index contributed by atoms with van der Waals surface area (Å²) in [6, 6.07) is 0. The molecule has 0 aliphatic rings. The molecule has 0 aromatic rings. The Morgan fingerprint density at radius 3 is 0.769 bits per heavy atom. The molecule has 0 aromatic carbocycles. The van der Waals surface area contributed by atoms with E-state index < -0.39 is 17.9 Å². The molecule has 72 valence electrons. The molecule has 0 saturated carbocycles. The molecule has 0 amide bonds. The first kappa shape index (κ1) is 22.8. The summed E-state index contributed by atoms with van der Waals surface area (Å²) in [6.07, 6.45) is 0.